The first-order valence-electron chi connectivity index (χ1n) is 6.00. The molecule has 3 aromatic rings. The van der Waals surface area contributed by atoms with Gasteiger partial charge in [0.1, 0.15) is 5.15 Å². The Morgan fingerprint density at radius 2 is 1.80 bits per heavy atom. The van der Waals surface area contributed by atoms with Crippen LogP contribution >= 0.6 is 27.5 Å². The number of nitrogens with zero attached hydrogens (tertiary/aromatic N) is 2. The standard InChI is InChI=1S/C15H10BrClN2O/c1-9-13(10-5-3-2-4-6-10)18-15(19-14(9)17)11-7-8-12(16)20-11/h2-8H,1H3. The van der Waals surface area contributed by atoms with E-state index in [1.807, 2.05) is 37.3 Å². The summed E-state index contributed by atoms with van der Waals surface area (Å²) >= 11 is 9.49. The molecule has 0 atom stereocenters. The van der Waals surface area contributed by atoms with Crippen molar-refractivity contribution in [2.45, 2.75) is 6.92 Å². The van der Waals surface area contributed by atoms with Crippen molar-refractivity contribution in [3.8, 4) is 22.8 Å². The van der Waals surface area contributed by atoms with Crippen LogP contribution in [0.3, 0.4) is 0 Å². The lowest BCUT2D eigenvalue weighted by molar-refractivity contribution is 0.551. The van der Waals surface area contributed by atoms with Crippen molar-refractivity contribution < 1.29 is 4.42 Å². The van der Waals surface area contributed by atoms with Crippen LogP contribution in [0, 0.1) is 6.92 Å². The van der Waals surface area contributed by atoms with E-state index >= 15 is 0 Å². The SMILES string of the molecule is Cc1c(Cl)nc(-c2ccc(Br)o2)nc1-c1ccccc1. The molecule has 0 fully saturated rings. The fourth-order valence-corrected chi connectivity index (χ4v) is 2.39. The van der Waals surface area contributed by atoms with E-state index in [1.165, 1.54) is 0 Å². The Morgan fingerprint density at radius 1 is 1.05 bits per heavy atom. The number of furan rings is 1. The van der Waals surface area contributed by atoms with Crippen LogP contribution in [-0.2, 0) is 0 Å². The Morgan fingerprint density at radius 3 is 2.45 bits per heavy atom. The van der Waals surface area contributed by atoms with Crippen molar-refractivity contribution in [2.24, 2.45) is 0 Å². The van der Waals surface area contributed by atoms with Crippen LogP contribution in [-0.4, -0.2) is 9.97 Å². The molecule has 0 saturated heterocycles. The molecule has 5 heteroatoms. The second-order valence-electron chi connectivity index (χ2n) is 4.28. The van der Waals surface area contributed by atoms with E-state index in [2.05, 4.69) is 25.9 Å². The largest absolute Gasteiger partial charge is 0.446 e. The molecule has 0 amide bonds. The average molecular weight is 350 g/mol. The van der Waals surface area contributed by atoms with Crippen LogP contribution in [0.25, 0.3) is 22.8 Å². The fraction of sp³-hybridized carbons (Fsp3) is 0.0667. The van der Waals surface area contributed by atoms with Gasteiger partial charge in [0.2, 0.25) is 0 Å². The van der Waals surface area contributed by atoms with Crippen molar-refractivity contribution in [1.29, 1.82) is 0 Å². The van der Waals surface area contributed by atoms with Crippen molar-refractivity contribution in [2.75, 3.05) is 0 Å². The van der Waals surface area contributed by atoms with Gasteiger partial charge in [0.25, 0.3) is 0 Å². The summed E-state index contributed by atoms with van der Waals surface area (Å²) in [4.78, 5) is 8.86. The third-order valence-electron chi connectivity index (χ3n) is 2.93. The summed E-state index contributed by atoms with van der Waals surface area (Å²) in [6, 6.07) is 13.5. The fourth-order valence-electron chi connectivity index (χ4n) is 1.91. The Kier molecular flexibility index (Phi) is 3.59. The number of rotatable bonds is 2. The minimum atomic E-state index is 0.432. The quantitative estimate of drug-likeness (QED) is 0.602. The molecule has 3 nitrogen and oxygen atoms in total. The molecule has 1 aromatic carbocycles. The normalized spacial score (nSPS) is 10.8. The second-order valence-corrected chi connectivity index (χ2v) is 5.42. The van der Waals surface area contributed by atoms with Gasteiger partial charge in [-0.05, 0) is 35.0 Å². The summed E-state index contributed by atoms with van der Waals surface area (Å²) in [6.45, 7) is 1.91. The summed E-state index contributed by atoms with van der Waals surface area (Å²) in [7, 11) is 0. The van der Waals surface area contributed by atoms with E-state index in [0.29, 0.717) is 21.4 Å². The zero-order valence-electron chi connectivity index (χ0n) is 10.6. The summed E-state index contributed by atoms with van der Waals surface area (Å²) in [5, 5.41) is 0.432. The molecular weight excluding hydrogens is 340 g/mol. The molecule has 20 heavy (non-hydrogen) atoms. The van der Waals surface area contributed by atoms with E-state index in [4.69, 9.17) is 16.0 Å². The molecule has 0 radical (unpaired) electrons. The zero-order chi connectivity index (χ0) is 14.1. The minimum Gasteiger partial charge on any atom is -0.446 e. The van der Waals surface area contributed by atoms with Gasteiger partial charge in [0.05, 0.1) is 5.69 Å². The summed E-state index contributed by atoms with van der Waals surface area (Å²) in [5.74, 6) is 1.06. The maximum absolute atomic E-state index is 6.22. The van der Waals surface area contributed by atoms with Crippen molar-refractivity contribution in [1.82, 2.24) is 9.97 Å². The monoisotopic (exact) mass is 348 g/mol. The Bertz CT molecular complexity index is 756. The number of hydrogen-bond acceptors (Lipinski definition) is 3. The van der Waals surface area contributed by atoms with E-state index < -0.39 is 0 Å². The molecule has 0 bridgehead atoms. The average Bonchev–Trinajstić information content (AvgIpc) is 2.89. The minimum absolute atomic E-state index is 0.432. The van der Waals surface area contributed by atoms with Crippen LogP contribution in [0.1, 0.15) is 5.56 Å². The van der Waals surface area contributed by atoms with Gasteiger partial charge < -0.3 is 4.42 Å². The zero-order valence-corrected chi connectivity index (χ0v) is 12.9. The van der Waals surface area contributed by atoms with Crippen LogP contribution in [0.15, 0.2) is 51.6 Å². The lowest BCUT2D eigenvalue weighted by Crippen LogP contribution is -1.96. The van der Waals surface area contributed by atoms with Gasteiger partial charge in [-0.15, -0.1) is 0 Å². The van der Waals surface area contributed by atoms with Gasteiger partial charge in [-0.3, -0.25) is 0 Å². The number of halogens is 2. The van der Waals surface area contributed by atoms with Crippen LogP contribution in [0.4, 0.5) is 0 Å². The Balaban J connectivity index is 2.18. The van der Waals surface area contributed by atoms with E-state index in [9.17, 15) is 0 Å². The lowest BCUT2D eigenvalue weighted by Gasteiger charge is -2.08. The molecular formula is C15H10BrClN2O. The summed E-state index contributed by atoms with van der Waals surface area (Å²) in [5.41, 5.74) is 2.67. The molecule has 0 saturated carbocycles. The van der Waals surface area contributed by atoms with Crippen LogP contribution in [0.2, 0.25) is 5.15 Å². The van der Waals surface area contributed by atoms with E-state index in [-0.39, 0.29) is 0 Å². The molecule has 0 spiro atoms. The molecule has 0 aliphatic rings. The second kappa shape index (κ2) is 5.38. The number of benzene rings is 1. The van der Waals surface area contributed by atoms with E-state index in [0.717, 1.165) is 16.8 Å². The van der Waals surface area contributed by atoms with Crippen molar-refractivity contribution in [3.05, 3.63) is 57.9 Å². The highest BCUT2D eigenvalue weighted by atomic mass is 79.9. The van der Waals surface area contributed by atoms with Crippen LogP contribution < -0.4 is 0 Å². The molecule has 2 aromatic heterocycles. The molecule has 2 heterocycles. The Hall–Kier alpha value is -1.65. The smallest absolute Gasteiger partial charge is 0.197 e. The topological polar surface area (TPSA) is 38.9 Å². The van der Waals surface area contributed by atoms with Crippen LogP contribution in [0.5, 0.6) is 0 Å². The van der Waals surface area contributed by atoms with Gasteiger partial charge >= 0.3 is 0 Å². The molecule has 100 valence electrons. The summed E-state index contributed by atoms with van der Waals surface area (Å²) in [6.07, 6.45) is 0. The molecule has 0 unspecified atom stereocenters. The highest BCUT2D eigenvalue weighted by Gasteiger charge is 2.14. The number of aromatic nitrogens is 2. The maximum Gasteiger partial charge on any atom is 0.197 e. The summed E-state index contributed by atoms with van der Waals surface area (Å²) < 4.78 is 6.12. The van der Waals surface area contributed by atoms with Gasteiger partial charge in [0.15, 0.2) is 16.3 Å². The molecule has 0 aliphatic carbocycles. The predicted octanol–water partition coefficient (Wildman–Crippen LogP) is 5.13. The predicted molar refractivity (Wildman–Crippen MR) is 82.6 cm³/mol. The molecule has 3 rings (SSSR count). The third kappa shape index (κ3) is 2.49. The van der Waals surface area contributed by atoms with Crippen molar-refractivity contribution in [3.63, 3.8) is 0 Å². The highest BCUT2D eigenvalue weighted by molar-refractivity contribution is 9.10. The maximum atomic E-state index is 6.22. The van der Waals surface area contributed by atoms with Gasteiger partial charge in [-0.2, -0.15) is 0 Å². The first-order valence-corrected chi connectivity index (χ1v) is 7.17. The lowest BCUT2D eigenvalue weighted by atomic mass is 10.1. The van der Waals surface area contributed by atoms with E-state index in [1.54, 1.807) is 12.1 Å². The van der Waals surface area contributed by atoms with Gasteiger partial charge in [-0.1, -0.05) is 41.9 Å². The number of hydrogen-bond donors (Lipinski definition) is 0. The molecule has 0 aliphatic heterocycles. The molecule has 0 N–H and O–H groups in total. The van der Waals surface area contributed by atoms with Crippen molar-refractivity contribution >= 4 is 27.5 Å². The first kappa shape index (κ1) is 13.3. The van der Waals surface area contributed by atoms with Gasteiger partial charge in [0, 0.05) is 11.1 Å². The Labute approximate surface area is 129 Å². The third-order valence-corrected chi connectivity index (χ3v) is 3.72. The highest BCUT2D eigenvalue weighted by Crippen LogP contribution is 2.30. The first-order chi connectivity index (χ1) is 9.65. The van der Waals surface area contributed by atoms with Gasteiger partial charge in [-0.25, -0.2) is 9.97 Å².